The molecule has 0 aromatic heterocycles. The van der Waals surface area contributed by atoms with E-state index in [2.05, 4.69) is 0 Å². The summed E-state index contributed by atoms with van der Waals surface area (Å²) in [4.78, 5) is 1.44. The predicted octanol–water partition coefficient (Wildman–Crippen LogP) is -2.98. The maximum absolute atomic E-state index is 12.2. The van der Waals surface area contributed by atoms with E-state index in [-0.39, 0.29) is 141 Å². The van der Waals surface area contributed by atoms with E-state index in [0.29, 0.717) is 76.9 Å². The Morgan fingerprint density at radius 3 is 1.76 bits per heavy atom. The molecule has 1 aliphatic carbocycles. The van der Waals surface area contributed by atoms with Gasteiger partial charge in [-0.05, 0) is 123 Å². The zero-order valence-electron chi connectivity index (χ0n) is 39.6. The Hall–Kier alpha value is 0.310. The normalized spacial score (nSPS) is 17.9. The van der Waals surface area contributed by atoms with Crippen molar-refractivity contribution in [1.82, 2.24) is 0 Å². The second kappa shape index (κ2) is 25.2. The molecule has 0 radical (unpaired) electrons. The van der Waals surface area contributed by atoms with Gasteiger partial charge >= 0.3 is 118 Å². The molecule has 68 heavy (non-hydrogen) atoms. The number of unbranched alkanes of at least 4 members (excludes halogenated alkanes) is 2. The molecule has 346 valence electrons. The van der Waals surface area contributed by atoms with Crippen molar-refractivity contribution in [3.63, 3.8) is 0 Å². The van der Waals surface area contributed by atoms with Crippen LogP contribution >= 0.6 is 23.2 Å². The first kappa shape index (κ1) is 64.4. The van der Waals surface area contributed by atoms with E-state index in [1.807, 2.05) is 61.5 Å². The fourth-order valence-electron chi connectivity index (χ4n) is 8.90. The van der Waals surface area contributed by atoms with Crippen molar-refractivity contribution in [1.29, 1.82) is 0 Å². The maximum Gasteiger partial charge on any atom is 1.00 e. The summed E-state index contributed by atoms with van der Waals surface area (Å²) < 4.78 is 136. The average molecular weight is 1090 g/mol. The number of nitrogens with zero attached hydrogens (tertiary/aromatic N) is 2. The van der Waals surface area contributed by atoms with Gasteiger partial charge in [0.2, 0.25) is 5.69 Å². The molecule has 14 nitrogen and oxygen atoms in total. The van der Waals surface area contributed by atoms with Crippen LogP contribution in [0.2, 0.25) is 10.0 Å². The maximum atomic E-state index is 12.2. The van der Waals surface area contributed by atoms with Gasteiger partial charge in [-0.1, -0.05) is 55.3 Å². The van der Waals surface area contributed by atoms with Crippen molar-refractivity contribution < 1.29 is 175 Å². The molecular formula is C44H51Cl2N2Na4O12S4+5. The minimum Gasteiger partial charge on any atom is -0.344 e. The topological polar surface area (TPSA) is 224 Å². The molecule has 2 heterocycles. The van der Waals surface area contributed by atoms with Crippen molar-refractivity contribution in [2.24, 2.45) is 0 Å². The van der Waals surface area contributed by atoms with E-state index in [0.717, 1.165) is 34.5 Å². The Balaban J connectivity index is 0.00000397. The standard InChI is InChI=1S/C44H50Cl2N2O12S4.4Na/c1-43(2)33-27-31(63(55,56)57)17-19-37(33)47(23-5-7-25-61(49,50)51)39(43)21-15-29-11-9-12-30(41(29)42-35(45)13-10-14-36(42)46)16-22-40-44(3,4)34-28-32(64(58,59)60)18-20-38(34)48(40)24-6-8-26-62(52,53)54;;;;/h10,13-22,27-28H,5-9,11-12,23-26H2,1-4H3,(H3-,49,50,51,52,53,54,55,56,57,58,59,60);;;;/q;4*+1/p+1. The van der Waals surface area contributed by atoms with Gasteiger partial charge in [0.1, 0.15) is 6.54 Å². The van der Waals surface area contributed by atoms with Crippen LogP contribution in [0.1, 0.15) is 89.3 Å². The minimum absolute atomic E-state index is 0. The molecule has 3 aliphatic rings. The molecule has 0 spiro atoms. The summed E-state index contributed by atoms with van der Waals surface area (Å²) in [6.45, 7) is 8.34. The van der Waals surface area contributed by atoms with Crippen molar-refractivity contribution in [3.05, 3.63) is 122 Å². The van der Waals surface area contributed by atoms with E-state index in [4.69, 9.17) is 23.2 Å². The third-order valence-electron chi connectivity index (χ3n) is 12.0. The van der Waals surface area contributed by atoms with Crippen molar-refractivity contribution in [3.8, 4) is 0 Å². The molecule has 24 heteroatoms. The van der Waals surface area contributed by atoms with E-state index in [1.54, 1.807) is 30.3 Å². The number of benzene rings is 3. The molecule has 3 aromatic carbocycles. The largest absolute Gasteiger partial charge is 1.00 e. The van der Waals surface area contributed by atoms with Crippen LogP contribution in [0, 0.1) is 0 Å². The summed E-state index contributed by atoms with van der Waals surface area (Å²) in [6.07, 6.45) is 10.8. The summed E-state index contributed by atoms with van der Waals surface area (Å²) in [5.74, 6) is -0.852. The fourth-order valence-corrected chi connectivity index (χ4v) is 11.6. The third kappa shape index (κ3) is 15.2. The van der Waals surface area contributed by atoms with Gasteiger partial charge in [0.25, 0.3) is 40.5 Å². The summed E-state index contributed by atoms with van der Waals surface area (Å²) in [7, 11) is -17.5. The fraction of sp³-hybridized carbons (Fsp3) is 0.386. The summed E-state index contributed by atoms with van der Waals surface area (Å²) in [6, 6.07) is 13.9. The molecule has 0 unspecified atom stereocenters. The van der Waals surface area contributed by atoms with Crippen LogP contribution in [0.5, 0.6) is 0 Å². The van der Waals surface area contributed by atoms with E-state index < -0.39 is 62.8 Å². The molecule has 4 N–H and O–H groups in total. The van der Waals surface area contributed by atoms with Gasteiger partial charge in [-0.15, -0.1) is 0 Å². The number of hydrogen-bond donors (Lipinski definition) is 4. The molecule has 6 rings (SSSR count). The Bertz CT molecular complexity index is 3010. The van der Waals surface area contributed by atoms with Crippen molar-refractivity contribution in [2.75, 3.05) is 29.5 Å². The van der Waals surface area contributed by atoms with Crippen LogP contribution in [-0.4, -0.2) is 86.8 Å². The van der Waals surface area contributed by atoms with Gasteiger partial charge in [-0.25, -0.2) is 0 Å². The molecule has 0 bridgehead atoms. The molecule has 0 amide bonds. The average Bonchev–Trinajstić information content (AvgIpc) is 3.52. The van der Waals surface area contributed by atoms with Crippen molar-refractivity contribution >= 4 is 86.3 Å². The second-order valence-electron chi connectivity index (χ2n) is 17.2. The molecule has 0 saturated carbocycles. The van der Waals surface area contributed by atoms with Gasteiger partial charge in [0.05, 0.1) is 26.7 Å². The zero-order valence-corrected chi connectivity index (χ0v) is 52.4. The van der Waals surface area contributed by atoms with Gasteiger partial charge in [0.15, 0.2) is 5.71 Å². The number of anilines is 1. The third-order valence-corrected chi connectivity index (χ3v) is 16.0. The molecular weight excluding hydrogens is 1040 g/mol. The molecule has 2 aliphatic heterocycles. The summed E-state index contributed by atoms with van der Waals surface area (Å²) >= 11 is 13.9. The number of hydrogen-bond acceptors (Lipinski definition) is 9. The van der Waals surface area contributed by atoms with Crippen LogP contribution < -0.4 is 123 Å². The molecule has 3 aromatic rings. The van der Waals surface area contributed by atoms with Gasteiger partial charge in [-0.2, -0.15) is 38.2 Å². The van der Waals surface area contributed by atoms with E-state index in [1.165, 1.54) is 24.3 Å². The predicted molar refractivity (Wildman–Crippen MR) is 250 cm³/mol. The van der Waals surface area contributed by atoms with E-state index >= 15 is 0 Å². The number of rotatable bonds is 16. The van der Waals surface area contributed by atoms with Crippen LogP contribution in [0.4, 0.5) is 11.4 Å². The first-order chi connectivity index (χ1) is 29.6. The van der Waals surface area contributed by atoms with Gasteiger partial charge in [-0.3, -0.25) is 18.2 Å². The van der Waals surface area contributed by atoms with E-state index in [9.17, 15) is 51.9 Å². The Labute approximate surface area is 499 Å². The zero-order chi connectivity index (χ0) is 47.2. The van der Waals surface area contributed by atoms with Gasteiger partial charge < -0.3 is 4.90 Å². The van der Waals surface area contributed by atoms with Crippen LogP contribution in [0.3, 0.4) is 0 Å². The monoisotopic (exact) mass is 1090 g/mol. The molecule has 0 saturated heterocycles. The quantitative estimate of drug-likeness (QED) is 0.0488. The summed E-state index contributed by atoms with van der Waals surface area (Å²) in [5.41, 5.74) is 5.65. The first-order valence-electron chi connectivity index (χ1n) is 20.5. The van der Waals surface area contributed by atoms with Crippen molar-refractivity contribution in [2.45, 2.75) is 93.3 Å². The number of halogens is 2. The number of allylic oxidation sites excluding steroid dienone is 8. The minimum atomic E-state index is -4.54. The van der Waals surface area contributed by atoms with Crippen LogP contribution in [-0.2, 0) is 51.3 Å². The molecule has 0 fully saturated rings. The Morgan fingerprint density at radius 2 is 1.21 bits per heavy atom. The smallest absolute Gasteiger partial charge is 0.344 e. The van der Waals surface area contributed by atoms with Crippen LogP contribution in [0.25, 0.3) is 5.57 Å². The first-order valence-corrected chi connectivity index (χ1v) is 27.3. The molecule has 0 atom stereocenters. The Morgan fingerprint density at radius 1 is 0.662 bits per heavy atom. The SMILES string of the molecule is CC1(C)C(/C=C/C2=C(c3c(Cl)cccc3Cl)C(=C/C=C3/N(CCCCS(=O)(=O)O)c4ccc(S(=O)(=O)O)cc4C3(C)C)/CCC2)=[N+](CCCCS(=O)(=O)O)c2ccc(S(=O)(=O)O)cc21.[Na+].[Na+].[Na+].[Na+]. The second-order valence-corrected chi connectivity index (χ2v) is 24.0. The van der Waals surface area contributed by atoms with Crippen LogP contribution in [0.15, 0.2) is 106 Å². The van der Waals surface area contributed by atoms with Gasteiger partial charge in [0, 0.05) is 63.1 Å². The number of fused-ring (bicyclic) bond motifs is 2. The Kier molecular flexibility index (Phi) is 23.9. The summed E-state index contributed by atoms with van der Waals surface area (Å²) in [5, 5.41) is 0.806.